The van der Waals surface area contributed by atoms with E-state index < -0.39 is 11.8 Å². The van der Waals surface area contributed by atoms with Gasteiger partial charge in [0.15, 0.2) is 5.11 Å². The predicted octanol–water partition coefficient (Wildman–Crippen LogP) is 5.30. The first kappa shape index (κ1) is 23.6. The summed E-state index contributed by atoms with van der Waals surface area (Å²) in [7, 11) is 0. The molecule has 0 unspecified atom stereocenters. The van der Waals surface area contributed by atoms with Crippen LogP contribution in [-0.4, -0.2) is 23.5 Å². The van der Waals surface area contributed by atoms with Crippen LogP contribution in [0.4, 0.5) is 10.1 Å². The smallest absolute Gasteiger partial charge is 0.270 e. The number of rotatable bonds is 6. The number of amides is 2. The molecular weight excluding hydrogens is 475 g/mol. The third-order valence-electron chi connectivity index (χ3n) is 5.23. The minimum atomic E-state index is -0.605. The molecule has 2 amide bonds. The van der Waals surface area contributed by atoms with Crippen LogP contribution < -0.4 is 15.0 Å². The van der Waals surface area contributed by atoms with Crippen LogP contribution in [-0.2, 0) is 16.0 Å². The van der Waals surface area contributed by atoms with Gasteiger partial charge in [0.05, 0.1) is 12.3 Å². The monoisotopic (exact) mass is 494 g/mol. The number of thiocarbonyl (C=S) groups is 1. The van der Waals surface area contributed by atoms with Gasteiger partial charge in [0, 0.05) is 17.0 Å². The van der Waals surface area contributed by atoms with E-state index in [-0.39, 0.29) is 22.9 Å². The summed E-state index contributed by atoms with van der Waals surface area (Å²) in [6.07, 6.45) is 1.67. The van der Waals surface area contributed by atoms with Crippen molar-refractivity contribution in [3.63, 3.8) is 0 Å². The topological polar surface area (TPSA) is 58.6 Å². The van der Waals surface area contributed by atoms with E-state index in [1.807, 2.05) is 13.0 Å². The quantitative estimate of drug-likeness (QED) is 0.287. The zero-order valence-corrected chi connectivity index (χ0v) is 19.8. The van der Waals surface area contributed by atoms with Crippen LogP contribution in [0.15, 0.2) is 72.3 Å². The van der Waals surface area contributed by atoms with Gasteiger partial charge in [-0.15, -0.1) is 0 Å². The van der Waals surface area contributed by atoms with Gasteiger partial charge in [-0.25, -0.2) is 4.39 Å². The Morgan fingerprint density at radius 2 is 1.79 bits per heavy atom. The van der Waals surface area contributed by atoms with Crippen LogP contribution in [0.25, 0.3) is 6.08 Å². The molecule has 1 heterocycles. The molecule has 0 aliphatic carbocycles. The van der Waals surface area contributed by atoms with E-state index in [9.17, 15) is 14.0 Å². The number of nitrogens with zero attached hydrogens (tertiary/aromatic N) is 1. The lowest BCUT2D eigenvalue weighted by Gasteiger charge is -2.28. The molecular formula is C26H20ClFN2O3S. The van der Waals surface area contributed by atoms with Gasteiger partial charge in [0.1, 0.15) is 17.1 Å². The van der Waals surface area contributed by atoms with Crippen LogP contribution in [0.1, 0.15) is 23.6 Å². The van der Waals surface area contributed by atoms with Gasteiger partial charge in [0.25, 0.3) is 11.8 Å². The van der Waals surface area contributed by atoms with Crippen molar-refractivity contribution in [2.24, 2.45) is 0 Å². The maximum atomic E-state index is 14.2. The average molecular weight is 495 g/mol. The minimum absolute atomic E-state index is 0.00613. The molecule has 1 fully saturated rings. The first-order chi connectivity index (χ1) is 16.4. The van der Waals surface area contributed by atoms with E-state index in [0.29, 0.717) is 39.8 Å². The molecule has 0 atom stereocenters. The number of para-hydroxylation sites is 1. The highest BCUT2D eigenvalue weighted by atomic mass is 35.5. The van der Waals surface area contributed by atoms with E-state index >= 15 is 0 Å². The molecule has 8 heteroatoms. The molecule has 1 aliphatic heterocycles. The van der Waals surface area contributed by atoms with Crippen LogP contribution in [0, 0.1) is 5.82 Å². The number of carbonyl (C=O) groups is 2. The van der Waals surface area contributed by atoms with Gasteiger partial charge in [-0.2, -0.15) is 0 Å². The van der Waals surface area contributed by atoms with Crippen molar-refractivity contribution in [1.82, 2.24) is 5.32 Å². The number of carbonyl (C=O) groups excluding carboxylic acids is 2. The number of hydrogen-bond donors (Lipinski definition) is 1. The molecule has 3 aromatic rings. The largest absolute Gasteiger partial charge is 0.494 e. The summed E-state index contributed by atoms with van der Waals surface area (Å²) in [6, 6.07) is 18.5. The Hall–Kier alpha value is -3.55. The van der Waals surface area contributed by atoms with E-state index in [1.165, 1.54) is 17.0 Å². The average Bonchev–Trinajstić information content (AvgIpc) is 2.81. The fourth-order valence-electron chi connectivity index (χ4n) is 3.64. The van der Waals surface area contributed by atoms with Crippen molar-refractivity contribution < 1.29 is 18.7 Å². The number of ether oxygens (including phenoxy) is 1. The fraction of sp³-hybridized carbons (Fsp3) is 0.115. The zero-order valence-electron chi connectivity index (χ0n) is 18.2. The van der Waals surface area contributed by atoms with Crippen LogP contribution in [0.3, 0.4) is 0 Å². The summed E-state index contributed by atoms with van der Waals surface area (Å²) in [5.41, 5.74) is 2.02. The minimum Gasteiger partial charge on any atom is -0.494 e. The molecule has 0 saturated carbocycles. The standard InChI is InChI=1S/C26H20ClFN2O3S/c1-2-33-23-14-16(13-21(27)19(23)15-17-8-6-7-11-22(17)28)12-20-24(31)29-26(34)30(25(20)32)18-9-4-3-5-10-18/h3-14H,2,15H2,1H3,(H,29,31,34)/b20-12-. The van der Waals surface area contributed by atoms with E-state index in [1.54, 1.807) is 54.6 Å². The fourth-order valence-corrected chi connectivity index (χ4v) is 4.21. The summed E-state index contributed by atoms with van der Waals surface area (Å²) in [4.78, 5) is 27.1. The van der Waals surface area contributed by atoms with Crippen molar-refractivity contribution in [1.29, 1.82) is 0 Å². The Balaban J connectivity index is 1.73. The maximum absolute atomic E-state index is 14.2. The molecule has 5 nitrogen and oxygen atoms in total. The zero-order chi connectivity index (χ0) is 24.2. The van der Waals surface area contributed by atoms with Crippen molar-refractivity contribution in [2.45, 2.75) is 13.3 Å². The van der Waals surface area contributed by atoms with Gasteiger partial charge < -0.3 is 4.74 Å². The summed E-state index contributed by atoms with van der Waals surface area (Å²) in [5, 5.41) is 2.90. The Morgan fingerprint density at radius 3 is 2.50 bits per heavy atom. The highest BCUT2D eigenvalue weighted by molar-refractivity contribution is 7.80. The molecule has 172 valence electrons. The van der Waals surface area contributed by atoms with Crippen LogP contribution in [0.2, 0.25) is 5.02 Å². The molecule has 34 heavy (non-hydrogen) atoms. The van der Waals surface area contributed by atoms with E-state index in [2.05, 4.69) is 5.32 Å². The van der Waals surface area contributed by atoms with Crippen LogP contribution in [0.5, 0.6) is 5.75 Å². The van der Waals surface area contributed by atoms with Gasteiger partial charge in [-0.05, 0) is 66.7 Å². The normalized spacial score (nSPS) is 15.0. The number of halogens is 2. The highest BCUT2D eigenvalue weighted by Gasteiger charge is 2.34. The maximum Gasteiger partial charge on any atom is 0.270 e. The van der Waals surface area contributed by atoms with Crippen molar-refractivity contribution in [3.05, 3.63) is 99.8 Å². The molecule has 0 bridgehead atoms. The summed E-state index contributed by atoms with van der Waals surface area (Å²) in [5.74, 6) is -1.05. The second-order valence-electron chi connectivity index (χ2n) is 7.47. The third kappa shape index (κ3) is 4.85. The Kier molecular flexibility index (Phi) is 7.05. The second kappa shape index (κ2) is 10.2. The number of anilines is 1. The molecule has 1 N–H and O–H groups in total. The Labute approximate surface area is 206 Å². The van der Waals surface area contributed by atoms with Crippen molar-refractivity contribution >= 4 is 52.5 Å². The van der Waals surface area contributed by atoms with Gasteiger partial charge >= 0.3 is 0 Å². The molecule has 0 aromatic heterocycles. The van der Waals surface area contributed by atoms with Crippen molar-refractivity contribution in [2.75, 3.05) is 11.5 Å². The van der Waals surface area contributed by atoms with E-state index in [4.69, 9.17) is 28.6 Å². The van der Waals surface area contributed by atoms with E-state index in [0.717, 1.165) is 0 Å². The van der Waals surface area contributed by atoms with Gasteiger partial charge in [0.2, 0.25) is 0 Å². The predicted molar refractivity (Wildman–Crippen MR) is 134 cm³/mol. The second-order valence-corrected chi connectivity index (χ2v) is 8.27. The third-order valence-corrected chi connectivity index (χ3v) is 5.85. The molecule has 3 aromatic carbocycles. The lowest BCUT2D eigenvalue weighted by molar-refractivity contribution is -0.122. The lowest BCUT2D eigenvalue weighted by atomic mass is 10.00. The molecule has 0 radical (unpaired) electrons. The Bertz CT molecular complexity index is 1310. The highest BCUT2D eigenvalue weighted by Crippen LogP contribution is 2.33. The first-order valence-electron chi connectivity index (χ1n) is 10.5. The first-order valence-corrected chi connectivity index (χ1v) is 11.3. The molecule has 1 saturated heterocycles. The van der Waals surface area contributed by atoms with Gasteiger partial charge in [-0.1, -0.05) is 48.0 Å². The van der Waals surface area contributed by atoms with Crippen LogP contribution >= 0.6 is 23.8 Å². The molecule has 4 rings (SSSR count). The number of hydrogen-bond acceptors (Lipinski definition) is 4. The molecule has 0 spiro atoms. The SMILES string of the molecule is CCOc1cc(/C=C2/C(=O)NC(=S)N(c3ccccc3)C2=O)cc(Cl)c1Cc1ccccc1F. The number of benzene rings is 3. The summed E-state index contributed by atoms with van der Waals surface area (Å²) < 4.78 is 20.0. The summed E-state index contributed by atoms with van der Waals surface area (Å²) >= 11 is 11.8. The van der Waals surface area contributed by atoms with Crippen molar-refractivity contribution in [3.8, 4) is 5.75 Å². The summed E-state index contributed by atoms with van der Waals surface area (Å²) in [6.45, 7) is 2.18. The Morgan fingerprint density at radius 1 is 1.09 bits per heavy atom. The molecule has 1 aliphatic rings. The lowest BCUT2D eigenvalue weighted by Crippen LogP contribution is -2.54. The van der Waals surface area contributed by atoms with Gasteiger partial charge in [-0.3, -0.25) is 19.8 Å². The number of nitrogens with one attached hydrogen (secondary N) is 1.